The predicted molar refractivity (Wildman–Crippen MR) is 143 cm³/mol. The van der Waals surface area contributed by atoms with Crippen LogP contribution in [0.15, 0.2) is 71.9 Å². The van der Waals surface area contributed by atoms with Crippen molar-refractivity contribution in [2.24, 2.45) is 5.41 Å². The van der Waals surface area contributed by atoms with Crippen LogP contribution >= 0.6 is 0 Å². The second-order valence-corrected chi connectivity index (χ2v) is 10.3. The second kappa shape index (κ2) is 9.32. The van der Waals surface area contributed by atoms with Crippen molar-refractivity contribution in [1.29, 1.82) is 0 Å². The third-order valence-electron chi connectivity index (χ3n) is 6.95. The molecule has 1 aliphatic heterocycles. The van der Waals surface area contributed by atoms with E-state index >= 15 is 0 Å². The molecule has 0 saturated heterocycles. The smallest absolute Gasteiger partial charge is 0.200 e. The van der Waals surface area contributed by atoms with Crippen molar-refractivity contribution >= 4 is 22.9 Å². The maximum atomic E-state index is 13.6. The lowest BCUT2D eigenvalue weighted by Gasteiger charge is -2.34. The molecule has 37 heavy (non-hydrogen) atoms. The van der Waals surface area contributed by atoms with E-state index < -0.39 is 6.04 Å². The maximum absolute atomic E-state index is 13.6. The molecule has 0 unspecified atom stereocenters. The topological polar surface area (TPSA) is 96.9 Å². The Hall–Kier alpha value is -4.26. The first kappa shape index (κ1) is 24.4. The fourth-order valence-electron chi connectivity index (χ4n) is 5.17. The number of hydrogen-bond acceptors (Lipinski definition) is 7. The zero-order chi connectivity index (χ0) is 26.3. The number of methoxy groups -OCH3 is 2. The van der Waals surface area contributed by atoms with Gasteiger partial charge in [0.25, 0.3) is 0 Å². The number of fused-ring (bicyclic) bond motifs is 1. The van der Waals surface area contributed by atoms with E-state index in [-0.39, 0.29) is 34.2 Å². The molecule has 2 aliphatic rings. The number of aromatic hydroxyl groups is 1. The van der Waals surface area contributed by atoms with Crippen LogP contribution in [0.2, 0.25) is 0 Å². The van der Waals surface area contributed by atoms with Gasteiger partial charge in [-0.25, -0.2) is 0 Å². The number of ether oxygens (including phenoxy) is 2. The van der Waals surface area contributed by atoms with E-state index in [1.807, 2.05) is 30.3 Å². The Labute approximate surface area is 216 Å². The Morgan fingerprint density at radius 1 is 0.919 bits per heavy atom. The Morgan fingerprint density at radius 2 is 1.59 bits per heavy atom. The standard InChI is InChI=1S/C30H30N2O5/c1-30(2)15-22-26(23(33)16-30)27(19-13-24(36-3)29(35)25(14-19)37-4)32-20-11-10-18(12-21(20)31-22)28(34)17-8-6-5-7-9-17/h5-14,27,31-32,35H,15-16H2,1-4H3/t27-/m1/s1. The SMILES string of the molecule is COc1cc([C@H]2Nc3ccc(C(=O)c4ccccc4)cc3NC3=C2C(=O)CC(C)(C)C3)cc(OC)c1O. The van der Waals surface area contributed by atoms with E-state index in [1.54, 1.807) is 30.3 Å². The van der Waals surface area contributed by atoms with Crippen molar-refractivity contribution in [3.63, 3.8) is 0 Å². The van der Waals surface area contributed by atoms with Crippen LogP contribution in [0.4, 0.5) is 11.4 Å². The number of allylic oxidation sites excluding steroid dienone is 1. The van der Waals surface area contributed by atoms with Gasteiger partial charge in [-0.15, -0.1) is 0 Å². The van der Waals surface area contributed by atoms with Crippen LogP contribution in [0.3, 0.4) is 0 Å². The van der Waals surface area contributed by atoms with Crippen molar-refractivity contribution in [3.05, 3.63) is 88.6 Å². The van der Waals surface area contributed by atoms with E-state index in [0.29, 0.717) is 35.1 Å². The highest BCUT2D eigenvalue weighted by Gasteiger charge is 2.39. The normalized spacial score (nSPS) is 18.1. The number of anilines is 2. The average molecular weight is 499 g/mol. The summed E-state index contributed by atoms with van der Waals surface area (Å²) in [5, 5.41) is 17.5. The third-order valence-corrected chi connectivity index (χ3v) is 6.95. The van der Waals surface area contributed by atoms with Crippen LogP contribution in [-0.4, -0.2) is 30.9 Å². The van der Waals surface area contributed by atoms with Gasteiger partial charge in [-0.1, -0.05) is 44.2 Å². The summed E-state index contributed by atoms with van der Waals surface area (Å²) in [7, 11) is 2.94. The molecule has 0 saturated carbocycles. The summed E-state index contributed by atoms with van der Waals surface area (Å²) in [6.07, 6.45) is 1.07. The number of benzene rings is 3. The largest absolute Gasteiger partial charge is 0.502 e. The fraction of sp³-hybridized carbons (Fsp3) is 0.267. The predicted octanol–water partition coefficient (Wildman–Crippen LogP) is 5.86. The number of Topliss-reactive ketones (excluding diaryl/α,β-unsaturated/α-hetero) is 1. The molecule has 0 radical (unpaired) electrons. The highest BCUT2D eigenvalue weighted by molar-refractivity contribution is 6.10. The van der Waals surface area contributed by atoms with Gasteiger partial charge >= 0.3 is 0 Å². The number of rotatable bonds is 5. The highest BCUT2D eigenvalue weighted by Crippen LogP contribution is 2.48. The van der Waals surface area contributed by atoms with Crippen molar-refractivity contribution in [2.45, 2.75) is 32.7 Å². The summed E-state index contributed by atoms with van der Waals surface area (Å²) in [6, 6.07) is 17.5. The zero-order valence-corrected chi connectivity index (χ0v) is 21.3. The minimum atomic E-state index is -0.522. The van der Waals surface area contributed by atoms with E-state index in [4.69, 9.17) is 9.47 Å². The van der Waals surface area contributed by atoms with Gasteiger partial charge in [0.05, 0.1) is 31.6 Å². The Kier molecular flexibility index (Phi) is 6.15. The van der Waals surface area contributed by atoms with Crippen LogP contribution < -0.4 is 20.1 Å². The van der Waals surface area contributed by atoms with Crippen LogP contribution in [-0.2, 0) is 4.79 Å². The van der Waals surface area contributed by atoms with Gasteiger partial charge in [0.2, 0.25) is 5.75 Å². The molecule has 0 amide bonds. The first-order valence-corrected chi connectivity index (χ1v) is 12.2. The molecule has 1 aliphatic carbocycles. The molecule has 0 aromatic heterocycles. The molecule has 1 atom stereocenters. The fourth-order valence-corrected chi connectivity index (χ4v) is 5.17. The number of phenols is 1. The van der Waals surface area contributed by atoms with Gasteiger partial charge in [-0.3, -0.25) is 9.59 Å². The summed E-state index contributed by atoms with van der Waals surface area (Å²) in [6.45, 7) is 4.15. The first-order valence-electron chi connectivity index (χ1n) is 12.2. The summed E-state index contributed by atoms with van der Waals surface area (Å²) in [5.41, 5.74) is 4.56. The quantitative estimate of drug-likeness (QED) is 0.379. The summed E-state index contributed by atoms with van der Waals surface area (Å²) >= 11 is 0. The minimum absolute atomic E-state index is 0.0376. The number of hydrogen-bond donors (Lipinski definition) is 3. The molecule has 0 spiro atoms. The molecule has 190 valence electrons. The van der Waals surface area contributed by atoms with E-state index in [9.17, 15) is 14.7 Å². The lowest BCUT2D eigenvalue weighted by molar-refractivity contribution is -0.118. The Morgan fingerprint density at radius 3 is 2.24 bits per heavy atom. The van der Waals surface area contributed by atoms with Gasteiger partial charge in [-0.2, -0.15) is 0 Å². The minimum Gasteiger partial charge on any atom is -0.502 e. The number of carbonyl (C=O) groups is 2. The molecule has 1 heterocycles. The van der Waals surface area contributed by atoms with Crippen LogP contribution in [0.25, 0.3) is 0 Å². The lowest BCUT2D eigenvalue weighted by atomic mass is 9.73. The summed E-state index contributed by atoms with van der Waals surface area (Å²) in [5.74, 6) is 0.366. The summed E-state index contributed by atoms with van der Waals surface area (Å²) in [4.78, 5) is 26.7. The molecule has 7 heteroatoms. The van der Waals surface area contributed by atoms with Crippen LogP contribution in [0.1, 0.15) is 54.2 Å². The Bertz CT molecular complexity index is 1400. The number of ketones is 2. The molecule has 0 bridgehead atoms. The van der Waals surface area contributed by atoms with E-state index in [2.05, 4.69) is 24.5 Å². The third kappa shape index (κ3) is 4.53. The summed E-state index contributed by atoms with van der Waals surface area (Å²) < 4.78 is 10.8. The van der Waals surface area contributed by atoms with Crippen molar-refractivity contribution in [3.8, 4) is 17.2 Å². The van der Waals surface area contributed by atoms with Crippen molar-refractivity contribution < 1.29 is 24.2 Å². The first-order chi connectivity index (χ1) is 17.7. The van der Waals surface area contributed by atoms with Gasteiger partial charge in [0.1, 0.15) is 0 Å². The lowest BCUT2D eigenvalue weighted by Crippen LogP contribution is -2.31. The molecule has 7 nitrogen and oxygen atoms in total. The zero-order valence-electron chi connectivity index (χ0n) is 21.3. The molecule has 0 fully saturated rings. The molecular formula is C30H30N2O5. The molecule has 3 aromatic rings. The monoisotopic (exact) mass is 498 g/mol. The molecule has 3 N–H and O–H groups in total. The van der Waals surface area contributed by atoms with Crippen molar-refractivity contribution in [1.82, 2.24) is 0 Å². The average Bonchev–Trinajstić information content (AvgIpc) is 3.04. The van der Waals surface area contributed by atoms with E-state index in [1.165, 1.54) is 14.2 Å². The van der Waals surface area contributed by atoms with Crippen LogP contribution in [0, 0.1) is 5.41 Å². The molecule has 5 rings (SSSR count). The van der Waals surface area contributed by atoms with E-state index in [0.717, 1.165) is 17.1 Å². The van der Waals surface area contributed by atoms with Gasteiger partial charge < -0.3 is 25.2 Å². The molecular weight excluding hydrogens is 468 g/mol. The van der Waals surface area contributed by atoms with Gasteiger partial charge in [-0.05, 0) is 47.7 Å². The number of carbonyl (C=O) groups excluding carboxylic acids is 2. The highest BCUT2D eigenvalue weighted by atomic mass is 16.5. The maximum Gasteiger partial charge on any atom is 0.200 e. The second-order valence-electron chi connectivity index (χ2n) is 10.3. The van der Waals surface area contributed by atoms with Gasteiger partial charge in [0, 0.05) is 28.8 Å². The Balaban J connectivity index is 1.64. The number of nitrogens with one attached hydrogen (secondary N) is 2. The van der Waals surface area contributed by atoms with Crippen molar-refractivity contribution in [2.75, 3.05) is 24.9 Å². The number of phenolic OH excluding ortho intramolecular Hbond substituents is 1. The van der Waals surface area contributed by atoms with Crippen LogP contribution in [0.5, 0.6) is 17.2 Å². The van der Waals surface area contributed by atoms with Gasteiger partial charge in [0.15, 0.2) is 23.1 Å². The molecule has 3 aromatic carbocycles.